The number of nitrogens with zero attached hydrogens (tertiary/aromatic N) is 1. The predicted octanol–water partition coefficient (Wildman–Crippen LogP) is 4.68. The van der Waals surface area contributed by atoms with Crippen LogP contribution in [0, 0.1) is 5.82 Å². The zero-order valence-corrected chi connectivity index (χ0v) is 17.1. The Balaban J connectivity index is 1.67. The van der Waals surface area contributed by atoms with Crippen molar-refractivity contribution in [2.75, 3.05) is 4.90 Å². The van der Waals surface area contributed by atoms with Crippen molar-refractivity contribution in [3.63, 3.8) is 0 Å². The minimum atomic E-state index is -0.606. The lowest BCUT2D eigenvalue weighted by molar-refractivity contribution is -0.122. The van der Waals surface area contributed by atoms with Gasteiger partial charge in [-0.05, 0) is 72.9 Å². The van der Waals surface area contributed by atoms with Crippen molar-refractivity contribution in [2.45, 2.75) is 0 Å². The Morgan fingerprint density at radius 3 is 2.55 bits per heavy atom. The molecule has 29 heavy (non-hydrogen) atoms. The molecule has 8 heteroatoms. The van der Waals surface area contributed by atoms with Gasteiger partial charge >= 0.3 is 0 Å². The van der Waals surface area contributed by atoms with E-state index in [1.165, 1.54) is 23.1 Å². The highest BCUT2D eigenvalue weighted by Gasteiger charge is 2.34. The molecule has 1 aliphatic rings. The normalized spacial score (nSPS) is 15.7. The molecular formula is C21H12BrFN2O3S. The van der Waals surface area contributed by atoms with Gasteiger partial charge in [-0.15, -0.1) is 0 Å². The van der Waals surface area contributed by atoms with Crippen LogP contribution in [0.2, 0.25) is 0 Å². The highest BCUT2D eigenvalue weighted by Crippen LogP contribution is 2.27. The van der Waals surface area contributed by atoms with Gasteiger partial charge < -0.3 is 4.42 Å². The lowest BCUT2D eigenvalue weighted by atomic mass is 10.1. The van der Waals surface area contributed by atoms with Gasteiger partial charge in [-0.3, -0.25) is 19.8 Å². The Morgan fingerprint density at radius 2 is 1.83 bits per heavy atom. The van der Waals surface area contributed by atoms with Crippen LogP contribution in [0.5, 0.6) is 0 Å². The highest BCUT2D eigenvalue weighted by molar-refractivity contribution is 9.10. The molecule has 5 nitrogen and oxygen atoms in total. The first-order valence-corrected chi connectivity index (χ1v) is 9.65. The van der Waals surface area contributed by atoms with Crippen LogP contribution >= 0.6 is 28.1 Å². The van der Waals surface area contributed by atoms with E-state index in [2.05, 4.69) is 21.2 Å². The molecular weight excluding hydrogens is 459 g/mol. The summed E-state index contributed by atoms with van der Waals surface area (Å²) in [4.78, 5) is 26.6. The number of hydrogen-bond acceptors (Lipinski definition) is 4. The number of hydrogen-bond donors (Lipinski definition) is 1. The van der Waals surface area contributed by atoms with E-state index in [1.807, 2.05) is 6.07 Å². The second-order valence-corrected chi connectivity index (χ2v) is 7.45. The summed E-state index contributed by atoms with van der Waals surface area (Å²) in [6, 6.07) is 16.1. The van der Waals surface area contributed by atoms with E-state index in [9.17, 15) is 14.0 Å². The fraction of sp³-hybridized carbons (Fsp3) is 0. The Labute approximate surface area is 178 Å². The van der Waals surface area contributed by atoms with Gasteiger partial charge in [0.25, 0.3) is 11.8 Å². The van der Waals surface area contributed by atoms with E-state index < -0.39 is 11.8 Å². The fourth-order valence-corrected chi connectivity index (χ4v) is 3.52. The van der Waals surface area contributed by atoms with Crippen LogP contribution in [-0.2, 0) is 9.59 Å². The van der Waals surface area contributed by atoms with Crippen molar-refractivity contribution in [1.29, 1.82) is 0 Å². The summed E-state index contributed by atoms with van der Waals surface area (Å²) in [5, 5.41) is 2.53. The van der Waals surface area contributed by atoms with Crippen LogP contribution in [-0.4, -0.2) is 16.9 Å². The van der Waals surface area contributed by atoms with E-state index in [1.54, 1.807) is 42.5 Å². The summed E-state index contributed by atoms with van der Waals surface area (Å²) in [6.07, 6.45) is 1.36. The molecule has 1 aliphatic heterocycles. The SMILES string of the molecule is O=C1NC(=S)N(c2cccc(Br)c2)C(=O)C1=Cc1ccc(-c2ccc(F)cc2)o1. The largest absolute Gasteiger partial charge is 0.457 e. The average molecular weight is 471 g/mol. The number of thiocarbonyl (C=S) groups is 1. The summed E-state index contributed by atoms with van der Waals surface area (Å²) < 4.78 is 19.6. The molecule has 3 aromatic rings. The Bertz CT molecular complexity index is 1170. The van der Waals surface area contributed by atoms with Gasteiger partial charge in [-0.1, -0.05) is 22.0 Å². The minimum absolute atomic E-state index is 0.00157. The molecule has 1 saturated heterocycles. The first-order valence-electron chi connectivity index (χ1n) is 8.45. The maximum Gasteiger partial charge on any atom is 0.270 e. The molecule has 0 bridgehead atoms. The number of furan rings is 1. The third-order valence-electron chi connectivity index (χ3n) is 4.21. The molecule has 2 aromatic carbocycles. The molecule has 2 heterocycles. The zero-order valence-electron chi connectivity index (χ0n) is 14.7. The number of amides is 2. The first-order chi connectivity index (χ1) is 13.9. The quantitative estimate of drug-likeness (QED) is 0.343. The number of carbonyl (C=O) groups is 2. The van der Waals surface area contributed by atoms with Crippen LogP contribution in [0.1, 0.15) is 5.76 Å². The second kappa shape index (κ2) is 7.73. The maximum absolute atomic E-state index is 13.1. The highest BCUT2D eigenvalue weighted by atomic mass is 79.9. The van der Waals surface area contributed by atoms with Gasteiger partial charge in [0.05, 0.1) is 5.69 Å². The second-order valence-electron chi connectivity index (χ2n) is 6.15. The van der Waals surface area contributed by atoms with Gasteiger partial charge in [-0.25, -0.2) is 4.39 Å². The third kappa shape index (κ3) is 3.90. The Morgan fingerprint density at radius 1 is 1.07 bits per heavy atom. The molecule has 1 aromatic heterocycles. The average Bonchev–Trinajstić information content (AvgIpc) is 3.14. The zero-order chi connectivity index (χ0) is 20.5. The first kappa shape index (κ1) is 19.2. The fourth-order valence-electron chi connectivity index (χ4n) is 2.85. The standard InChI is InChI=1S/C21H12BrFN2O3S/c22-13-2-1-3-15(10-13)25-20(27)17(19(26)24-21(25)29)11-16-8-9-18(28-16)12-4-6-14(23)7-5-12/h1-11H,(H,24,26,29). The van der Waals surface area contributed by atoms with Gasteiger partial charge in [0, 0.05) is 10.0 Å². The molecule has 0 unspecified atom stereocenters. The van der Waals surface area contributed by atoms with E-state index in [0.717, 1.165) is 4.47 Å². The monoisotopic (exact) mass is 470 g/mol. The van der Waals surface area contributed by atoms with Crippen LogP contribution < -0.4 is 10.2 Å². The van der Waals surface area contributed by atoms with Crippen molar-refractivity contribution >= 4 is 56.8 Å². The molecule has 0 spiro atoms. The molecule has 144 valence electrons. The van der Waals surface area contributed by atoms with Gasteiger partial charge in [0.15, 0.2) is 5.11 Å². The molecule has 0 atom stereocenters. The number of benzene rings is 2. The van der Waals surface area contributed by atoms with Crippen molar-refractivity contribution in [3.8, 4) is 11.3 Å². The molecule has 0 saturated carbocycles. The summed E-state index contributed by atoms with van der Waals surface area (Å²) in [7, 11) is 0. The Hall–Kier alpha value is -3.10. The molecule has 2 amide bonds. The lowest BCUT2D eigenvalue weighted by Crippen LogP contribution is -2.54. The number of carbonyl (C=O) groups excluding carboxylic acids is 2. The summed E-state index contributed by atoms with van der Waals surface area (Å²) in [6.45, 7) is 0. The van der Waals surface area contributed by atoms with Crippen molar-refractivity contribution in [2.24, 2.45) is 0 Å². The number of nitrogens with one attached hydrogen (secondary N) is 1. The number of rotatable bonds is 3. The van der Waals surface area contributed by atoms with Crippen LogP contribution in [0.3, 0.4) is 0 Å². The summed E-state index contributed by atoms with van der Waals surface area (Å²) in [5.74, 6) is -0.719. The van der Waals surface area contributed by atoms with Crippen LogP contribution in [0.15, 0.2) is 75.1 Å². The smallest absolute Gasteiger partial charge is 0.270 e. The summed E-state index contributed by atoms with van der Waals surface area (Å²) in [5.41, 5.74) is 1.08. The molecule has 4 rings (SSSR count). The summed E-state index contributed by atoms with van der Waals surface area (Å²) >= 11 is 8.54. The number of halogens is 2. The Kier molecular flexibility index (Phi) is 5.12. The molecule has 0 radical (unpaired) electrons. The van der Waals surface area contributed by atoms with E-state index in [-0.39, 0.29) is 16.5 Å². The van der Waals surface area contributed by atoms with E-state index in [4.69, 9.17) is 16.6 Å². The third-order valence-corrected chi connectivity index (χ3v) is 4.99. The topological polar surface area (TPSA) is 62.6 Å². The minimum Gasteiger partial charge on any atom is -0.457 e. The van der Waals surface area contributed by atoms with Crippen molar-refractivity contribution < 1.29 is 18.4 Å². The van der Waals surface area contributed by atoms with Gasteiger partial charge in [0.2, 0.25) is 0 Å². The van der Waals surface area contributed by atoms with Crippen molar-refractivity contribution in [3.05, 3.63) is 82.3 Å². The van der Waals surface area contributed by atoms with Crippen LogP contribution in [0.25, 0.3) is 17.4 Å². The van der Waals surface area contributed by atoms with Crippen molar-refractivity contribution in [1.82, 2.24) is 5.32 Å². The number of anilines is 1. The van der Waals surface area contributed by atoms with Crippen LogP contribution in [0.4, 0.5) is 10.1 Å². The van der Waals surface area contributed by atoms with E-state index >= 15 is 0 Å². The van der Waals surface area contributed by atoms with Gasteiger partial charge in [-0.2, -0.15) is 0 Å². The predicted molar refractivity (Wildman–Crippen MR) is 114 cm³/mol. The van der Waals surface area contributed by atoms with Gasteiger partial charge in [0.1, 0.15) is 22.9 Å². The molecule has 1 fully saturated rings. The maximum atomic E-state index is 13.1. The molecule has 1 N–H and O–H groups in total. The lowest BCUT2D eigenvalue weighted by Gasteiger charge is -2.28. The van der Waals surface area contributed by atoms with E-state index in [0.29, 0.717) is 22.8 Å². The molecule has 0 aliphatic carbocycles.